The monoisotopic (exact) mass is 267 g/mol. The molecule has 0 spiro atoms. The number of halogens is 1. The van der Waals surface area contributed by atoms with Gasteiger partial charge < -0.3 is 9.88 Å². The molecular formula is C12H14ClN3S. The van der Waals surface area contributed by atoms with Crippen LogP contribution in [0.2, 0.25) is 4.34 Å². The Morgan fingerprint density at radius 1 is 1.53 bits per heavy atom. The van der Waals surface area contributed by atoms with Gasteiger partial charge in [-0.15, -0.1) is 11.3 Å². The van der Waals surface area contributed by atoms with Crippen LogP contribution in [0.15, 0.2) is 24.5 Å². The van der Waals surface area contributed by atoms with Gasteiger partial charge in [0.2, 0.25) is 5.95 Å². The summed E-state index contributed by atoms with van der Waals surface area (Å²) in [7, 11) is 0. The molecule has 0 bridgehead atoms. The molecule has 1 aliphatic carbocycles. The van der Waals surface area contributed by atoms with E-state index < -0.39 is 0 Å². The SMILES string of the molecule is CC(c1ccc(Cl)s1)n1ccnc1NC1CC1. The molecule has 90 valence electrons. The third-order valence-electron chi connectivity index (χ3n) is 3.00. The maximum Gasteiger partial charge on any atom is 0.203 e. The van der Waals surface area contributed by atoms with Gasteiger partial charge in [0.25, 0.3) is 0 Å². The molecule has 2 heterocycles. The summed E-state index contributed by atoms with van der Waals surface area (Å²) in [6.07, 6.45) is 6.37. The van der Waals surface area contributed by atoms with Crippen LogP contribution < -0.4 is 5.32 Å². The summed E-state index contributed by atoms with van der Waals surface area (Å²) >= 11 is 7.60. The third kappa shape index (κ3) is 2.33. The highest BCUT2D eigenvalue weighted by Gasteiger charge is 2.23. The molecule has 5 heteroatoms. The Balaban J connectivity index is 1.84. The van der Waals surface area contributed by atoms with Crippen LogP contribution >= 0.6 is 22.9 Å². The summed E-state index contributed by atoms with van der Waals surface area (Å²) in [4.78, 5) is 5.63. The number of hydrogen-bond acceptors (Lipinski definition) is 3. The van der Waals surface area contributed by atoms with Crippen molar-refractivity contribution < 1.29 is 0 Å². The maximum atomic E-state index is 5.98. The first-order valence-electron chi connectivity index (χ1n) is 5.78. The zero-order chi connectivity index (χ0) is 11.8. The van der Waals surface area contributed by atoms with Gasteiger partial charge in [0.1, 0.15) is 0 Å². The minimum atomic E-state index is 0.274. The molecule has 2 aromatic heterocycles. The first-order valence-corrected chi connectivity index (χ1v) is 6.98. The van der Waals surface area contributed by atoms with Crippen LogP contribution in [0.1, 0.15) is 30.7 Å². The fraction of sp³-hybridized carbons (Fsp3) is 0.417. The molecule has 17 heavy (non-hydrogen) atoms. The summed E-state index contributed by atoms with van der Waals surface area (Å²) in [5, 5.41) is 3.45. The van der Waals surface area contributed by atoms with Gasteiger partial charge in [-0.1, -0.05) is 11.6 Å². The Morgan fingerprint density at radius 3 is 3.00 bits per heavy atom. The number of thiophene rings is 1. The van der Waals surface area contributed by atoms with Crippen molar-refractivity contribution in [2.45, 2.75) is 31.8 Å². The molecule has 1 fully saturated rings. The largest absolute Gasteiger partial charge is 0.353 e. The fourth-order valence-corrected chi connectivity index (χ4v) is 2.95. The summed E-state index contributed by atoms with van der Waals surface area (Å²) in [6, 6.07) is 4.92. The van der Waals surface area contributed by atoms with Crippen molar-refractivity contribution in [2.75, 3.05) is 5.32 Å². The number of hydrogen-bond donors (Lipinski definition) is 1. The van der Waals surface area contributed by atoms with E-state index in [-0.39, 0.29) is 6.04 Å². The molecule has 1 aliphatic rings. The van der Waals surface area contributed by atoms with Crippen LogP contribution in [0.4, 0.5) is 5.95 Å². The molecule has 1 unspecified atom stereocenters. The lowest BCUT2D eigenvalue weighted by Gasteiger charge is -2.15. The van der Waals surface area contributed by atoms with Crippen molar-refractivity contribution in [2.24, 2.45) is 0 Å². The smallest absolute Gasteiger partial charge is 0.203 e. The zero-order valence-corrected chi connectivity index (χ0v) is 11.1. The molecule has 0 aromatic carbocycles. The van der Waals surface area contributed by atoms with Crippen molar-refractivity contribution in [3.05, 3.63) is 33.7 Å². The van der Waals surface area contributed by atoms with E-state index in [9.17, 15) is 0 Å². The molecule has 1 saturated carbocycles. The second-order valence-electron chi connectivity index (χ2n) is 4.39. The molecule has 2 aromatic rings. The second-order valence-corrected chi connectivity index (χ2v) is 6.14. The van der Waals surface area contributed by atoms with Gasteiger partial charge in [-0.2, -0.15) is 0 Å². The predicted molar refractivity (Wildman–Crippen MR) is 72.0 cm³/mol. The van der Waals surface area contributed by atoms with Crippen LogP contribution in [0.3, 0.4) is 0 Å². The summed E-state index contributed by atoms with van der Waals surface area (Å²) in [5.74, 6) is 0.963. The van der Waals surface area contributed by atoms with E-state index in [1.807, 2.05) is 18.5 Å². The van der Waals surface area contributed by atoms with Crippen molar-refractivity contribution in [1.82, 2.24) is 9.55 Å². The molecule has 3 nitrogen and oxygen atoms in total. The normalized spacial score (nSPS) is 17.1. The Bertz CT molecular complexity index is 515. The second kappa shape index (κ2) is 4.35. The van der Waals surface area contributed by atoms with Crippen molar-refractivity contribution in [3.63, 3.8) is 0 Å². The molecular weight excluding hydrogens is 254 g/mol. The van der Waals surface area contributed by atoms with Crippen LogP contribution in [0.5, 0.6) is 0 Å². The highest BCUT2D eigenvalue weighted by Crippen LogP contribution is 2.31. The van der Waals surface area contributed by atoms with Crippen LogP contribution in [-0.2, 0) is 0 Å². The van der Waals surface area contributed by atoms with Crippen molar-refractivity contribution in [1.29, 1.82) is 0 Å². The van der Waals surface area contributed by atoms with Crippen LogP contribution in [-0.4, -0.2) is 15.6 Å². The number of anilines is 1. The molecule has 1 atom stereocenters. The molecule has 0 aliphatic heterocycles. The van der Waals surface area contributed by atoms with E-state index in [4.69, 9.17) is 11.6 Å². The molecule has 0 amide bonds. The Kier molecular flexibility index (Phi) is 2.84. The van der Waals surface area contributed by atoms with E-state index in [0.717, 1.165) is 10.3 Å². The number of rotatable bonds is 4. The topological polar surface area (TPSA) is 29.9 Å². The highest BCUT2D eigenvalue weighted by molar-refractivity contribution is 7.16. The first-order chi connectivity index (χ1) is 8.24. The molecule has 3 rings (SSSR count). The van der Waals surface area contributed by atoms with Gasteiger partial charge in [-0.25, -0.2) is 4.98 Å². The fourth-order valence-electron chi connectivity index (χ4n) is 1.84. The van der Waals surface area contributed by atoms with Gasteiger partial charge in [-0.05, 0) is 31.9 Å². The van der Waals surface area contributed by atoms with Crippen molar-refractivity contribution in [3.8, 4) is 0 Å². The van der Waals surface area contributed by atoms with E-state index in [0.29, 0.717) is 6.04 Å². The quantitative estimate of drug-likeness (QED) is 0.914. The number of aromatic nitrogens is 2. The van der Waals surface area contributed by atoms with Crippen LogP contribution in [0.25, 0.3) is 0 Å². The van der Waals surface area contributed by atoms with E-state index in [2.05, 4.69) is 27.9 Å². The third-order valence-corrected chi connectivity index (χ3v) is 4.40. The van der Waals surface area contributed by atoms with Gasteiger partial charge in [0.15, 0.2) is 0 Å². The maximum absolute atomic E-state index is 5.98. The van der Waals surface area contributed by atoms with E-state index in [1.54, 1.807) is 11.3 Å². The molecule has 0 saturated heterocycles. The van der Waals surface area contributed by atoms with E-state index in [1.165, 1.54) is 17.7 Å². The Hall–Kier alpha value is -1.00. The minimum Gasteiger partial charge on any atom is -0.353 e. The summed E-state index contributed by atoms with van der Waals surface area (Å²) in [6.45, 7) is 2.17. The number of imidazole rings is 1. The lowest BCUT2D eigenvalue weighted by atomic mass is 10.3. The predicted octanol–water partition coefficient (Wildman–Crippen LogP) is 3.78. The lowest BCUT2D eigenvalue weighted by Crippen LogP contribution is -2.12. The number of nitrogens with one attached hydrogen (secondary N) is 1. The molecule has 0 radical (unpaired) electrons. The Labute approximate surface area is 109 Å². The zero-order valence-electron chi connectivity index (χ0n) is 9.56. The average Bonchev–Trinajstić information content (AvgIpc) is 2.83. The summed E-state index contributed by atoms with van der Waals surface area (Å²) in [5.41, 5.74) is 0. The van der Waals surface area contributed by atoms with Gasteiger partial charge in [0.05, 0.1) is 10.4 Å². The lowest BCUT2D eigenvalue weighted by molar-refractivity contribution is 0.654. The standard InChI is InChI=1S/C12H14ClN3S/c1-8(10-4-5-11(13)17-10)16-7-6-14-12(16)15-9-2-3-9/h4-9H,2-3H2,1H3,(H,14,15). The molecule has 1 N–H and O–H groups in total. The van der Waals surface area contributed by atoms with E-state index >= 15 is 0 Å². The highest BCUT2D eigenvalue weighted by atomic mass is 35.5. The van der Waals surface area contributed by atoms with Gasteiger partial charge >= 0.3 is 0 Å². The minimum absolute atomic E-state index is 0.274. The van der Waals surface area contributed by atoms with Crippen LogP contribution in [0, 0.1) is 0 Å². The van der Waals surface area contributed by atoms with Gasteiger partial charge in [0, 0.05) is 23.3 Å². The van der Waals surface area contributed by atoms with Gasteiger partial charge in [-0.3, -0.25) is 0 Å². The first kappa shape index (κ1) is 11.1. The Morgan fingerprint density at radius 2 is 2.35 bits per heavy atom. The average molecular weight is 268 g/mol. The number of nitrogens with zero attached hydrogens (tertiary/aromatic N) is 2. The van der Waals surface area contributed by atoms with Crippen molar-refractivity contribution >= 4 is 28.9 Å². The summed E-state index contributed by atoms with van der Waals surface area (Å²) < 4.78 is 3.00.